The van der Waals surface area contributed by atoms with Gasteiger partial charge in [-0.2, -0.15) is 0 Å². The van der Waals surface area contributed by atoms with E-state index in [-0.39, 0.29) is 12.3 Å². The Hall–Kier alpha value is -1.62. The molecule has 0 fully saturated rings. The summed E-state index contributed by atoms with van der Waals surface area (Å²) >= 11 is 13.8. The second-order valence-electron chi connectivity index (χ2n) is 5.05. The zero-order valence-corrected chi connectivity index (χ0v) is 14.5. The van der Waals surface area contributed by atoms with Crippen molar-refractivity contribution in [1.29, 1.82) is 0 Å². The van der Waals surface area contributed by atoms with Crippen molar-refractivity contribution in [3.63, 3.8) is 0 Å². The van der Waals surface area contributed by atoms with Crippen LogP contribution in [0.15, 0.2) is 42.5 Å². The van der Waals surface area contributed by atoms with Gasteiger partial charge in [0.1, 0.15) is 0 Å². The lowest BCUT2D eigenvalue weighted by Crippen LogP contribution is -2.27. The third-order valence-electron chi connectivity index (χ3n) is 3.40. The van der Waals surface area contributed by atoms with Crippen molar-refractivity contribution in [2.75, 3.05) is 6.54 Å². The maximum absolute atomic E-state index is 12.0. The van der Waals surface area contributed by atoms with Crippen LogP contribution < -0.4 is 5.32 Å². The minimum absolute atomic E-state index is 0.0962. The van der Waals surface area contributed by atoms with Gasteiger partial charge in [0.25, 0.3) is 0 Å². The second kappa shape index (κ2) is 7.30. The molecule has 2 aromatic carbocycles. The predicted octanol–water partition coefficient (Wildman–Crippen LogP) is 4.50. The Bertz CT molecular complexity index is 794. The van der Waals surface area contributed by atoms with Gasteiger partial charge in [-0.05, 0) is 29.8 Å². The van der Waals surface area contributed by atoms with Gasteiger partial charge in [-0.25, -0.2) is 4.98 Å². The Kier molecular flexibility index (Phi) is 5.16. The number of thiazole rings is 1. The van der Waals surface area contributed by atoms with E-state index in [1.807, 2.05) is 18.2 Å². The van der Waals surface area contributed by atoms with Gasteiger partial charge in [-0.15, -0.1) is 11.3 Å². The standard InChI is InChI=1S/C17H14Cl2N2OS/c18-12-4-3-5-13(19)11(12)10-16(22)20-9-8-17-21-14-6-1-2-7-15(14)23-17/h1-7H,8-10H2,(H,20,22). The van der Waals surface area contributed by atoms with Crippen molar-refractivity contribution in [3.8, 4) is 0 Å². The van der Waals surface area contributed by atoms with Crippen LogP contribution >= 0.6 is 34.5 Å². The van der Waals surface area contributed by atoms with Crippen molar-refractivity contribution in [1.82, 2.24) is 10.3 Å². The van der Waals surface area contributed by atoms with Crippen LogP contribution in [0.3, 0.4) is 0 Å². The highest BCUT2D eigenvalue weighted by Crippen LogP contribution is 2.24. The number of para-hydroxylation sites is 1. The monoisotopic (exact) mass is 364 g/mol. The van der Waals surface area contributed by atoms with Crippen LogP contribution in [-0.4, -0.2) is 17.4 Å². The average molecular weight is 365 g/mol. The Balaban J connectivity index is 1.55. The third kappa shape index (κ3) is 4.02. The number of aromatic nitrogens is 1. The molecule has 23 heavy (non-hydrogen) atoms. The number of amides is 1. The number of benzene rings is 2. The highest BCUT2D eigenvalue weighted by atomic mass is 35.5. The average Bonchev–Trinajstić information content (AvgIpc) is 2.94. The fourth-order valence-corrected chi connectivity index (χ4v) is 3.76. The zero-order valence-electron chi connectivity index (χ0n) is 12.2. The molecule has 0 saturated heterocycles. The maximum atomic E-state index is 12.0. The minimum atomic E-state index is -0.0962. The van der Waals surface area contributed by atoms with E-state index in [1.165, 1.54) is 0 Å². The smallest absolute Gasteiger partial charge is 0.224 e. The molecule has 0 unspecified atom stereocenters. The van der Waals surface area contributed by atoms with Crippen LogP contribution in [-0.2, 0) is 17.6 Å². The molecule has 3 nitrogen and oxygen atoms in total. The Morgan fingerprint density at radius 2 is 1.83 bits per heavy atom. The lowest BCUT2D eigenvalue weighted by molar-refractivity contribution is -0.120. The van der Waals surface area contributed by atoms with Crippen molar-refractivity contribution >= 4 is 50.7 Å². The lowest BCUT2D eigenvalue weighted by atomic mass is 10.1. The molecule has 3 rings (SSSR count). The second-order valence-corrected chi connectivity index (χ2v) is 6.98. The van der Waals surface area contributed by atoms with Crippen molar-refractivity contribution in [3.05, 3.63) is 63.1 Å². The molecule has 0 spiro atoms. The Morgan fingerprint density at radius 3 is 2.57 bits per heavy atom. The normalized spacial score (nSPS) is 10.9. The van der Waals surface area contributed by atoms with E-state index in [9.17, 15) is 4.79 Å². The van der Waals surface area contributed by atoms with E-state index in [4.69, 9.17) is 23.2 Å². The third-order valence-corrected chi connectivity index (χ3v) is 5.20. The van der Waals surface area contributed by atoms with Gasteiger partial charge in [0.15, 0.2) is 0 Å². The number of hydrogen-bond acceptors (Lipinski definition) is 3. The first-order valence-electron chi connectivity index (χ1n) is 7.17. The van der Waals surface area contributed by atoms with Crippen LogP contribution in [0.2, 0.25) is 10.0 Å². The molecule has 118 valence electrons. The summed E-state index contributed by atoms with van der Waals surface area (Å²) < 4.78 is 1.16. The quantitative estimate of drug-likeness (QED) is 0.723. The van der Waals surface area contributed by atoms with Gasteiger partial charge in [-0.1, -0.05) is 41.4 Å². The van der Waals surface area contributed by atoms with Gasteiger partial charge >= 0.3 is 0 Å². The summed E-state index contributed by atoms with van der Waals surface area (Å²) in [4.78, 5) is 16.6. The number of hydrogen-bond donors (Lipinski definition) is 1. The molecule has 6 heteroatoms. The molecular weight excluding hydrogens is 351 g/mol. The molecule has 1 heterocycles. The first kappa shape index (κ1) is 16.2. The van der Waals surface area contributed by atoms with E-state index >= 15 is 0 Å². The lowest BCUT2D eigenvalue weighted by Gasteiger charge is -2.07. The summed E-state index contributed by atoms with van der Waals surface area (Å²) in [6, 6.07) is 13.2. The molecule has 1 aromatic heterocycles. The molecule has 0 aliphatic heterocycles. The van der Waals surface area contributed by atoms with Crippen LogP contribution in [0.4, 0.5) is 0 Å². The fourth-order valence-electron chi connectivity index (χ4n) is 2.26. The summed E-state index contributed by atoms with van der Waals surface area (Å²) in [5, 5.41) is 4.93. The summed E-state index contributed by atoms with van der Waals surface area (Å²) in [6.45, 7) is 0.542. The van der Waals surface area contributed by atoms with Crippen LogP contribution in [0, 0.1) is 0 Å². The predicted molar refractivity (Wildman–Crippen MR) is 96.5 cm³/mol. The maximum Gasteiger partial charge on any atom is 0.224 e. The highest BCUT2D eigenvalue weighted by Gasteiger charge is 2.11. The molecule has 1 amide bonds. The fraction of sp³-hybridized carbons (Fsp3) is 0.176. The van der Waals surface area contributed by atoms with Crippen LogP contribution in [0.25, 0.3) is 10.2 Å². The van der Waals surface area contributed by atoms with Crippen molar-refractivity contribution in [2.45, 2.75) is 12.8 Å². The Labute approximate surface area is 148 Å². The molecule has 0 bridgehead atoms. The number of nitrogens with zero attached hydrogens (tertiary/aromatic N) is 1. The SMILES string of the molecule is O=C(Cc1c(Cl)cccc1Cl)NCCc1nc2ccccc2s1. The molecule has 0 radical (unpaired) electrons. The van der Waals surface area contributed by atoms with E-state index in [0.29, 0.717) is 28.6 Å². The molecule has 0 aliphatic carbocycles. The van der Waals surface area contributed by atoms with E-state index < -0.39 is 0 Å². The molecule has 1 N–H and O–H groups in total. The minimum Gasteiger partial charge on any atom is -0.355 e. The first-order chi connectivity index (χ1) is 11.1. The van der Waals surface area contributed by atoms with Gasteiger partial charge < -0.3 is 5.32 Å². The summed E-state index contributed by atoms with van der Waals surface area (Å²) in [5.74, 6) is -0.0962. The zero-order chi connectivity index (χ0) is 16.2. The number of nitrogens with one attached hydrogen (secondary N) is 1. The number of rotatable bonds is 5. The van der Waals surface area contributed by atoms with E-state index in [1.54, 1.807) is 29.5 Å². The highest BCUT2D eigenvalue weighted by molar-refractivity contribution is 7.18. The van der Waals surface area contributed by atoms with E-state index in [0.717, 1.165) is 15.2 Å². The number of carbonyl (C=O) groups is 1. The molecular formula is C17H14Cl2N2OS. The van der Waals surface area contributed by atoms with Crippen LogP contribution in [0.1, 0.15) is 10.6 Å². The molecule has 3 aromatic rings. The topological polar surface area (TPSA) is 42.0 Å². The van der Waals surface area contributed by atoms with Gasteiger partial charge in [-0.3, -0.25) is 4.79 Å². The number of halogens is 2. The summed E-state index contributed by atoms with van der Waals surface area (Å²) in [7, 11) is 0. The summed E-state index contributed by atoms with van der Waals surface area (Å²) in [6.07, 6.45) is 0.889. The van der Waals surface area contributed by atoms with Gasteiger partial charge in [0, 0.05) is 23.0 Å². The first-order valence-corrected chi connectivity index (χ1v) is 8.75. The largest absolute Gasteiger partial charge is 0.355 e. The van der Waals surface area contributed by atoms with Gasteiger partial charge in [0.2, 0.25) is 5.91 Å². The molecule has 0 aliphatic rings. The Morgan fingerprint density at radius 1 is 1.09 bits per heavy atom. The van der Waals surface area contributed by atoms with Crippen molar-refractivity contribution < 1.29 is 4.79 Å². The van der Waals surface area contributed by atoms with E-state index in [2.05, 4.69) is 16.4 Å². The van der Waals surface area contributed by atoms with Gasteiger partial charge in [0.05, 0.1) is 21.6 Å². The van der Waals surface area contributed by atoms with Crippen LogP contribution in [0.5, 0.6) is 0 Å². The summed E-state index contributed by atoms with van der Waals surface area (Å²) in [5.41, 5.74) is 1.66. The number of carbonyl (C=O) groups excluding carboxylic acids is 1. The molecule has 0 atom stereocenters. The molecule has 0 saturated carbocycles. The number of fused-ring (bicyclic) bond motifs is 1. The van der Waals surface area contributed by atoms with Crippen molar-refractivity contribution in [2.24, 2.45) is 0 Å².